The van der Waals surface area contributed by atoms with Gasteiger partial charge in [-0.25, -0.2) is 0 Å². The zero-order valence-corrected chi connectivity index (χ0v) is 11.0. The molecule has 82 valence electrons. The average Bonchev–Trinajstić information content (AvgIpc) is 2.18. The zero-order chi connectivity index (χ0) is 11.7. The third kappa shape index (κ3) is 2.43. The standard InChI is InChI=1S/C7H3F5OP.W/c1-14-13-7-5(11)3(9)2(8)4(10)6(7)12;/h1H3;/q-1;+2. The molecule has 8 heteroatoms. The van der Waals surface area contributed by atoms with Crippen LogP contribution in [-0.4, -0.2) is 6.66 Å². The van der Waals surface area contributed by atoms with Crippen molar-refractivity contribution in [3.05, 3.63) is 29.1 Å². The fourth-order valence-electron chi connectivity index (χ4n) is 0.793. The van der Waals surface area contributed by atoms with Crippen molar-refractivity contribution in [3.8, 4) is 5.75 Å². The Morgan fingerprint density at radius 3 is 1.53 bits per heavy atom. The van der Waals surface area contributed by atoms with Gasteiger partial charge in [0.05, 0.1) is 0 Å². The van der Waals surface area contributed by atoms with Crippen LogP contribution in [0.4, 0.5) is 22.0 Å². The molecule has 15 heavy (non-hydrogen) atoms. The molecule has 1 unspecified atom stereocenters. The minimum atomic E-state index is -2.18. The van der Waals surface area contributed by atoms with Crippen molar-refractivity contribution in [2.45, 2.75) is 0 Å². The van der Waals surface area contributed by atoms with Crippen LogP contribution in [0.2, 0.25) is 0 Å². The summed E-state index contributed by atoms with van der Waals surface area (Å²) in [5.74, 6) is -12.4. The quantitative estimate of drug-likeness (QED) is 0.313. The molecule has 1 nitrogen and oxygen atoms in total. The first-order chi connectivity index (χ1) is 6.86. The Kier molecular flexibility index (Phi) is 3.96. The summed E-state index contributed by atoms with van der Waals surface area (Å²) in [5, 5.41) is 0. The molecule has 0 N–H and O–H groups in total. The van der Waals surface area contributed by atoms with E-state index in [0.29, 0.717) is 0 Å². The molecule has 0 aliphatic rings. The van der Waals surface area contributed by atoms with Gasteiger partial charge in [0.15, 0.2) is 0 Å². The third-order valence-corrected chi connectivity index (χ3v) is 2.63. The predicted molar refractivity (Wildman–Crippen MR) is 39.7 cm³/mol. The molecule has 0 radical (unpaired) electrons. The summed E-state index contributed by atoms with van der Waals surface area (Å²) in [6.45, 7) is 1.50. The van der Waals surface area contributed by atoms with Crippen molar-refractivity contribution in [1.82, 2.24) is 0 Å². The molecule has 0 saturated heterocycles. The maximum atomic E-state index is 12.9. The number of benzene rings is 1. The van der Waals surface area contributed by atoms with E-state index in [9.17, 15) is 22.0 Å². The van der Waals surface area contributed by atoms with Crippen LogP contribution in [0, 0.1) is 29.1 Å². The van der Waals surface area contributed by atoms with Gasteiger partial charge in [-0.1, -0.05) is 0 Å². The van der Waals surface area contributed by atoms with E-state index in [0.717, 1.165) is 18.8 Å². The Hall–Kier alpha value is -0.342. The van der Waals surface area contributed by atoms with Crippen molar-refractivity contribution in [3.63, 3.8) is 0 Å². The first kappa shape index (κ1) is 12.7. The SMILES string of the molecule is C[P+](=[W])Oc1c(F)c(F)c(F)c(F)c1F. The van der Waals surface area contributed by atoms with Gasteiger partial charge in [0.25, 0.3) is 0 Å². The second-order valence-electron chi connectivity index (χ2n) is 2.43. The van der Waals surface area contributed by atoms with E-state index >= 15 is 0 Å². The molecular weight excluding hydrogens is 410 g/mol. The van der Waals surface area contributed by atoms with Crippen molar-refractivity contribution >= 4 is 5.78 Å². The second kappa shape index (κ2) is 4.67. The number of halogens is 5. The molecule has 0 spiro atoms. The summed E-state index contributed by atoms with van der Waals surface area (Å²) in [5.41, 5.74) is 0. The Morgan fingerprint density at radius 2 is 1.20 bits per heavy atom. The predicted octanol–water partition coefficient (Wildman–Crippen LogP) is 3.25. The summed E-state index contributed by atoms with van der Waals surface area (Å²) in [7, 11) is 0. The second-order valence-corrected chi connectivity index (χ2v) is 9.03. The molecule has 0 aromatic heterocycles. The molecule has 0 bridgehead atoms. The summed E-state index contributed by atoms with van der Waals surface area (Å²) in [4.78, 5) is 0. The zero-order valence-electron chi connectivity index (χ0n) is 7.15. The molecule has 0 saturated carbocycles. The van der Waals surface area contributed by atoms with Gasteiger partial charge in [-0.05, 0) is 0 Å². The van der Waals surface area contributed by atoms with Gasteiger partial charge in [0, 0.05) is 0 Å². The molecule has 1 atom stereocenters. The van der Waals surface area contributed by atoms with Crippen molar-refractivity contribution in [1.29, 1.82) is 0 Å². The van der Waals surface area contributed by atoms with Gasteiger partial charge >= 0.3 is 92.6 Å². The number of hydrogen-bond donors (Lipinski definition) is 0. The fraction of sp³-hybridized carbons (Fsp3) is 0.143. The van der Waals surface area contributed by atoms with E-state index in [1.807, 2.05) is 0 Å². The topological polar surface area (TPSA) is 9.23 Å². The minimum absolute atomic E-state index is 0.865. The Labute approximate surface area is 92.8 Å². The van der Waals surface area contributed by atoms with Crippen molar-refractivity contribution < 1.29 is 45.3 Å². The van der Waals surface area contributed by atoms with Gasteiger partial charge in [-0.2, -0.15) is 0 Å². The first-order valence-electron chi connectivity index (χ1n) is 3.46. The van der Waals surface area contributed by atoms with Crippen molar-refractivity contribution in [2.75, 3.05) is 6.66 Å². The fourth-order valence-corrected chi connectivity index (χ4v) is 2.01. The summed E-state index contributed by atoms with van der Waals surface area (Å²) >= 11 is 0.865. The Morgan fingerprint density at radius 1 is 0.867 bits per heavy atom. The Balaban J connectivity index is 3.45. The van der Waals surface area contributed by atoms with Gasteiger partial charge in [0.2, 0.25) is 0 Å². The first-order valence-corrected chi connectivity index (χ1v) is 9.02. The molecule has 1 aromatic carbocycles. The van der Waals surface area contributed by atoms with Gasteiger partial charge in [-0.3, -0.25) is 0 Å². The number of rotatable bonds is 2. The normalized spacial score (nSPS) is 11.5. The van der Waals surface area contributed by atoms with Crippen LogP contribution in [-0.2, 0) is 18.8 Å². The van der Waals surface area contributed by atoms with E-state index in [1.165, 1.54) is 6.66 Å². The van der Waals surface area contributed by atoms with Crippen LogP contribution in [0.25, 0.3) is 0 Å². The van der Waals surface area contributed by atoms with Crippen LogP contribution < -0.4 is 4.52 Å². The van der Waals surface area contributed by atoms with Crippen LogP contribution >= 0.6 is 5.78 Å². The monoisotopic (exact) mass is 413 g/mol. The van der Waals surface area contributed by atoms with Crippen LogP contribution in [0.3, 0.4) is 0 Å². The van der Waals surface area contributed by atoms with Gasteiger partial charge in [-0.15, -0.1) is 0 Å². The molecule has 0 aliphatic heterocycles. The van der Waals surface area contributed by atoms with E-state index in [1.54, 1.807) is 0 Å². The molecule has 0 fully saturated rings. The van der Waals surface area contributed by atoms with E-state index in [2.05, 4.69) is 4.52 Å². The maximum absolute atomic E-state index is 12.9. The molecule has 0 aliphatic carbocycles. The number of hydrogen-bond acceptors (Lipinski definition) is 1. The van der Waals surface area contributed by atoms with E-state index < -0.39 is 40.6 Å². The van der Waals surface area contributed by atoms with Gasteiger partial charge < -0.3 is 0 Å². The summed E-state index contributed by atoms with van der Waals surface area (Å²) < 4.78 is 68.3. The molecule has 1 rings (SSSR count). The van der Waals surface area contributed by atoms with Crippen LogP contribution in [0.5, 0.6) is 5.75 Å². The summed E-state index contributed by atoms with van der Waals surface area (Å²) in [6.07, 6.45) is 0. The average molecular weight is 413 g/mol. The molecule has 0 amide bonds. The third-order valence-electron chi connectivity index (χ3n) is 1.39. The molecular formula is C7H3F5OPW+. The Bertz CT molecular complexity index is 407. The van der Waals surface area contributed by atoms with Crippen LogP contribution in [0.1, 0.15) is 0 Å². The van der Waals surface area contributed by atoms with E-state index in [-0.39, 0.29) is 0 Å². The molecule has 0 heterocycles. The molecule has 1 aromatic rings. The van der Waals surface area contributed by atoms with Gasteiger partial charge in [0.1, 0.15) is 0 Å². The van der Waals surface area contributed by atoms with Crippen molar-refractivity contribution in [2.24, 2.45) is 0 Å². The van der Waals surface area contributed by atoms with Crippen LogP contribution in [0.15, 0.2) is 0 Å². The summed E-state index contributed by atoms with van der Waals surface area (Å²) in [6, 6.07) is 0. The van der Waals surface area contributed by atoms with E-state index in [4.69, 9.17) is 0 Å².